The fraction of sp³-hybridized carbons (Fsp3) is 0.407. The fourth-order valence-electron chi connectivity index (χ4n) is 5.23. The van der Waals surface area contributed by atoms with Crippen molar-refractivity contribution in [3.8, 4) is 5.75 Å². The Morgan fingerprint density at radius 1 is 1.18 bits per heavy atom. The summed E-state index contributed by atoms with van der Waals surface area (Å²) in [4.78, 5) is 0. The van der Waals surface area contributed by atoms with Gasteiger partial charge in [0.2, 0.25) is 0 Å². The highest BCUT2D eigenvalue weighted by Crippen LogP contribution is 2.42. The lowest BCUT2D eigenvalue weighted by molar-refractivity contribution is 0.170. The molecular formula is C27H33BO5S. The van der Waals surface area contributed by atoms with Crippen molar-refractivity contribution < 1.29 is 23.2 Å². The molecule has 0 bridgehead atoms. The Bertz CT molecular complexity index is 1210. The van der Waals surface area contributed by atoms with E-state index < -0.39 is 28.3 Å². The molecule has 0 spiro atoms. The van der Waals surface area contributed by atoms with Gasteiger partial charge in [0.05, 0.1) is 17.1 Å². The molecule has 4 rings (SSSR count). The molecule has 0 unspecified atom stereocenters. The number of hydrogen-bond acceptors (Lipinski definition) is 5. The van der Waals surface area contributed by atoms with Crippen molar-refractivity contribution in [2.24, 2.45) is 5.92 Å². The van der Waals surface area contributed by atoms with Crippen molar-refractivity contribution in [2.75, 3.05) is 5.75 Å². The van der Waals surface area contributed by atoms with E-state index in [-0.39, 0.29) is 18.0 Å². The lowest BCUT2D eigenvalue weighted by atomic mass is 9.73. The van der Waals surface area contributed by atoms with Crippen LogP contribution in [0.5, 0.6) is 5.75 Å². The quantitative estimate of drug-likeness (QED) is 0.347. The second kappa shape index (κ2) is 9.72. The number of hydrogen-bond donors (Lipinski definition) is 2. The van der Waals surface area contributed by atoms with Crippen LogP contribution < -0.4 is 0 Å². The van der Waals surface area contributed by atoms with E-state index in [0.29, 0.717) is 18.6 Å². The molecule has 0 amide bonds. The zero-order valence-electron chi connectivity index (χ0n) is 20.3. The summed E-state index contributed by atoms with van der Waals surface area (Å²) in [7, 11) is -4.39. The molecule has 5 nitrogen and oxygen atoms in total. The Kier molecular flexibility index (Phi) is 7.08. The van der Waals surface area contributed by atoms with Crippen LogP contribution >= 0.6 is 0 Å². The summed E-state index contributed by atoms with van der Waals surface area (Å²) in [6, 6.07) is 14.0. The molecule has 34 heavy (non-hydrogen) atoms. The number of sulfone groups is 1. The first kappa shape index (κ1) is 24.8. The number of allylic oxidation sites excluding steroid dienone is 1. The van der Waals surface area contributed by atoms with Gasteiger partial charge in [-0.3, -0.25) is 0 Å². The van der Waals surface area contributed by atoms with Crippen molar-refractivity contribution in [1.29, 1.82) is 0 Å². The SMILES string of the molecule is Cc1cc(/C=C(/CC[C@H]2OB(O)C[C@H]3C2=C(C(C)C)CS3(=O)=O)c2ccccc2)cc(C)c1O. The Balaban J connectivity index is 1.68. The van der Waals surface area contributed by atoms with Gasteiger partial charge in [-0.1, -0.05) is 50.3 Å². The van der Waals surface area contributed by atoms with Crippen molar-refractivity contribution in [1.82, 2.24) is 0 Å². The third kappa shape index (κ3) is 5.02. The van der Waals surface area contributed by atoms with E-state index in [1.165, 1.54) is 0 Å². The highest BCUT2D eigenvalue weighted by Gasteiger charge is 2.48. The van der Waals surface area contributed by atoms with E-state index >= 15 is 0 Å². The first-order chi connectivity index (χ1) is 16.1. The molecule has 0 radical (unpaired) electrons. The third-order valence-corrected chi connectivity index (χ3v) is 8.99. The third-order valence-electron chi connectivity index (χ3n) is 6.96. The van der Waals surface area contributed by atoms with E-state index in [1.54, 1.807) is 0 Å². The summed E-state index contributed by atoms with van der Waals surface area (Å²) in [6.45, 7) is 7.82. The minimum absolute atomic E-state index is 0.0602. The average Bonchev–Trinajstić information content (AvgIpc) is 3.06. The van der Waals surface area contributed by atoms with Crippen LogP contribution in [0.1, 0.15) is 48.9 Å². The standard InChI is InChI=1S/C27H33BO5S/c1-17(2)23-16-34(31,32)25-15-28(30)33-24(26(23)25)11-10-22(21-8-6-5-7-9-21)14-20-12-18(3)27(29)19(4)13-20/h5-9,12-14,17,24-25,29-30H,10-11,15-16H2,1-4H3/b22-14-/t24-,25+/m1/s1. The lowest BCUT2D eigenvalue weighted by Crippen LogP contribution is -2.42. The van der Waals surface area contributed by atoms with Gasteiger partial charge < -0.3 is 14.8 Å². The summed E-state index contributed by atoms with van der Waals surface area (Å²) < 4.78 is 31.6. The van der Waals surface area contributed by atoms with Gasteiger partial charge in [0.15, 0.2) is 9.84 Å². The number of aryl methyl sites for hydroxylation is 2. The van der Waals surface area contributed by atoms with Crippen molar-refractivity contribution in [3.63, 3.8) is 0 Å². The number of fused-ring (bicyclic) bond motifs is 1. The van der Waals surface area contributed by atoms with Gasteiger partial charge in [0, 0.05) is 6.32 Å². The lowest BCUT2D eigenvalue weighted by Gasteiger charge is -2.32. The number of aromatic hydroxyl groups is 1. The van der Waals surface area contributed by atoms with Gasteiger partial charge in [-0.05, 0) is 83.7 Å². The van der Waals surface area contributed by atoms with Gasteiger partial charge in [0.1, 0.15) is 5.75 Å². The van der Waals surface area contributed by atoms with Crippen LogP contribution in [-0.2, 0) is 14.5 Å². The second-order valence-corrected chi connectivity index (χ2v) is 12.0. The highest BCUT2D eigenvalue weighted by atomic mass is 32.2. The predicted molar refractivity (Wildman–Crippen MR) is 138 cm³/mol. The Hall–Kier alpha value is -2.35. The Labute approximate surface area is 203 Å². The maximum Gasteiger partial charge on any atom is 0.456 e. The molecule has 2 heterocycles. The molecule has 2 aliphatic rings. The van der Waals surface area contributed by atoms with Gasteiger partial charge in [0.25, 0.3) is 0 Å². The number of benzene rings is 2. The second-order valence-electron chi connectivity index (χ2n) is 9.82. The summed E-state index contributed by atoms with van der Waals surface area (Å²) >= 11 is 0. The smallest absolute Gasteiger partial charge is 0.456 e. The predicted octanol–water partition coefficient (Wildman–Crippen LogP) is 4.96. The summed E-state index contributed by atoms with van der Waals surface area (Å²) in [5.41, 5.74) is 6.63. The van der Waals surface area contributed by atoms with Crippen LogP contribution in [0.25, 0.3) is 11.6 Å². The summed E-state index contributed by atoms with van der Waals surface area (Å²) in [5.74, 6) is 0.484. The van der Waals surface area contributed by atoms with Crippen molar-refractivity contribution in [3.05, 3.63) is 75.9 Å². The molecule has 2 N–H and O–H groups in total. The minimum atomic E-state index is -3.31. The monoisotopic (exact) mass is 480 g/mol. The zero-order chi connectivity index (χ0) is 24.6. The number of rotatable bonds is 6. The highest BCUT2D eigenvalue weighted by molar-refractivity contribution is 7.92. The number of phenols is 1. The van der Waals surface area contributed by atoms with Crippen LogP contribution in [0.15, 0.2) is 53.6 Å². The van der Waals surface area contributed by atoms with Crippen LogP contribution in [0.4, 0.5) is 0 Å². The molecule has 2 aliphatic heterocycles. The molecule has 0 saturated carbocycles. The van der Waals surface area contributed by atoms with E-state index in [9.17, 15) is 18.5 Å². The van der Waals surface area contributed by atoms with Crippen LogP contribution in [-0.4, -0.2) is 42.8 Å². The zero-order valence-corrected chi connectivity index (χ0v) is 21.1. The molecule has 1 saturated heterocycles. The average molecular weight is 480 g/mol. The largest absolute Gasteiger partial charge is 0.507 e. The molecule has 2 atom stereocenters. The van der Waals surface area contributed by atoms with Gasteiger partial charge in [-0.15, -0.1) is 0 Å². The molecule has 1 fully saturated rings. The van der Waals surface area contributed by atoms with Crippen LogP contribution in [0, 0.1) is 19.8 Å². The van der Waals surface area contributed by atoms with Crippen molar-refractivity contribution in [2.45, 2.75) is 58.2 Å². The maximum absolute atomic E-state index is 12.9. The van der Waals surface area contributed by atoms with E-state index in [4.69, 9.17) is 4.65 Å². The molecule has 7 heteroatoms. The Morgan fingerprint density at radius 2 is 1.82 bits per heavy atom. The van der Waals surface area contributed by atoms with Crippen LogP contribution in [0.3, 0.4) is 0 Å². The molecule has 2 aromatic carbocycles. The fourth-order valence-corrected chi connectivity index (χ4v) is 7.51. The normalized spacial score (nSPS) is 22.4. The van der Waals surface area contributed by atoms with Gasteiger partial charge >= 0.3 is 7.12 Å². The van der Waals surface area contributed by atoms with Gasteiger partial charge in [-0.25, -0.2) is 8.42 Å². The Morgan fingerprint density at radius 3 is 2.44 bits per heavy atom. The molecule has 0 aliphatic carbocycles. The van der Waals surface area contributed by atoms with E-state index in [1.807, 2.05) is 58.0 Å². The first-order valence-corrected chi connectivity index (χ1v) is 13.6. The number of phenolic OH excluding ortho intramolecular Hbond substituents is 1. The molecule has 0 aromatic heterocycles. The molecule has 2 aromatic rings. The summed E-state index contributed by atoms with van der Waals surface area (Å²) in [5, 5.41) is 19.9. The minimum Gasteiger partial charge on any atom is -0.507 e. The van der Waals surface area contributed by atoms with Gasteiger partial charge in [-0.2, -0.15) is 0 Å². The van der Waals surface area contributed by atoms with E-state index in [0.717, 1.165) is 39.0 Å². The molecule has 180 valence electrons. The maximum atomic E-state index is 12.9. The first-order valence-electron chi connectivity index (χ1n) is 11.9. The summed E-state index contributed by atoms with van der Waals surface area (Å²) in [6.07, 6.45) is 3.03. The topological polar surface area (TPSA) is 83.8 Å². The van der Waals surface area contributed by atoms with E-state index in [2.05, 4.69) is 18.2 Å². The molecular weight excluding hydrogens is 447 g/mol. The van der Waals surface area contributed by atoms with Crippen LogP contribution in [0.2, 0.25) is 6.32 Å². The van der Waals surface area contributed by atoms with Crippen molar-refractivity contribution >= 4 is 28.6 Å².